The van der Waals surface area contributed by atoms with E-state index < -0.39 is 0 Å². The summed E-state index contributed by atoms with van der Waals surface area (Å²) in [5, 5.41) is 6.02. The van der Waals surface area contributed by atoms with E-state index in [4.69, 9.17) is 4.74 Å². The molecule has 6 heteroatoms. The second-order valence-corrected chi connectivity index (χ2v) is 4.61. The minimum Gasteiger partial charge on any atom is -0.492 e. The molecular formula is C15H15FN4O. The smallest absolute Gasteiger partial charge is 0.176 e. The molecule has 0 spiro atoms. The second kappa shape index (κ2) is 5.78. The molecule has 2 heterocycles. The minimum absolute atomic E-state index is 0.153. The summed E-state index contributed by atoms with van der Waals surface area (Å²) in [6.45, 7) is 0.695. The molecule has 0 radical (unpaired) electrons. The van der Waals surface area contributed by atoms with Crippen molar-refractivity contribution in [3.8, 4) is 0 Å². The van der Waals surface area contributed by atoms with Gasteiger partial charge >= 0.3 is 0 Å². The molecule has 0 fully saturated rings. The van der Waals surface area contributed by atoms with Gasteiger partial charge in [0.25, 0.3) is 0 Å². The number of nitrogens with zero attached hydrogens (tertiary/aromatic N) is 2. The highest BCUT2D eigenvalue weighted by molar-refractivity contribution is 5.74. The number of hydrogen-bond acceptors (Lipinski definition) is 5. The van der Waals surface area contributed by atoms with E-state index in [0.29, 0.717) is 12.2 Å². The number of halogens is 1. The molecule has 2 aromatic rings. The van der Waals surface area contributed by atoms with Crippen molar-refractivity contribution in [2.45, 2.75) is 6.54 Å². The van der Waals surface area contributed by atoms with Gasteiger partial charge in [0, 0.05) is 25.1 Å². The Hall–Kier alpha value is -2.63. The molecule has 5 nitrogen and oxygen atoms in total. The Morgan fingerprint density at radius 1 is 1.29 bits per heavy atom. The van der Waals surface area contributed by atoms with Crippen LogP contribution in [0.2, 0.25) is 0 Å². The van der Waals surface area contributed by atoms with Crippen molar-refractivity contribution in [1.29, 1.82) is 0 Å². The zero-order valence-electron chi connectivity index (χ0n) is 11.6. The molecular weight excluding hydrogens is 271 g/mol. The SMILES string of the molecule is COC1=C(F)CNC=C1NCc1ccc2nccnc2c1. The molecule has 0 saturated heterocycles. The molecule has 1 aromatic carbocycles. The second-order valence-electron chi connectivity index (χ2n) is 4.61. The van der Waals surface area contributed by atoms with Gasteiger partial charge in [-0.1, -0.05) is 6.07 Å². The van der Waals surface area contributed by atoms with Crippen LogP contribution in [0.3, 0.4) is 0 Å². The van der Waals surface area contributed by atoms with Gasteiger partial charge in [-0.05, 0) is 17.7 Å². The van der Waals surface area contributed by atoms with E-state index in [9.17, 15) is 4.39 Å². The number of nitrogens with one attached hydrogen (secondary N) is 2. The average molecular weight is 286 g/mol. The molecule has 0 amide bonds. The van der Waals surface area contributed by atoms with Gasteiger partial charge in [-0.15, -0.1) is 0 Å². The van der Waals surface area contributed by atoms with E-state index in [1.165, 1.54) is 7.11 Å². The Labute approximate surface area is 121 Å². The highest BCUT2D eigenvalue weighted by atomic mass is 19.1. The number of ether oxygens (including phenoxy) is 1. The molecule has 0 unspecified atom stereocenters. The maximum atomic E-state index is 13.6. The van der Waals surface area contributed by atoms with Crippen LogP contribution in [0, 0.1) is 0 Å². The number of benzene rings is 1. The summed E-state index contributed by atoms with van der Waals surface area (Å²) in [7, 11) is 1.46. The van der Waals surface area contributed by atoms with E-state index in [0.717, 1.165) is 16.6 Å². The quantitative estimate of drug-likeness (QED) is 0.900. The molecule has 0 saturated carbocycles. The third-order valence-corrected chi connectivity index (χ3v) is 3.22. The fraction of sp³-hybridized carbons (Fsp3) is 0.200. The van der Waals surface area contributed by atoms with Crippen molar-refractivity contribution in [2.75, 3.05) is 13.7 Å². The maximum absolute atomic E-state index is 13.6. The maximum Gasteiger partial charge on any atom is 0.176 e. The lowest BCUT2D eigenvalue weighted by Crippen LogP contribution is -2.25. The Morgan fingerprint density at radius 3 is 2.90 bits per heavy atom. The third-order valence-electron chi connectivity index (χ3n) is 3.22. The summed E-state index contributed by atoms with van der Waals surface area (Å²) >= 11 is 0. The highest BCUT2D eigenvalue weighted by Crippen LogP contribution is 2.18. The first kappa shape index (κ1) is 13.4. The zero-order valence-corrected chi connectivity index (χ0v) is 11.6. The monoisotopic (exact) mass is 286 g/mol. The third kappa shape index (κ3) is 2.79. The van der Waals surface area contributed by atoms with Crippen LogP contribution in [-0.4, -0.2) is 23.6 Å². The first-order valence-corrected chi connectivity index (χ1v) is 6.58. The Bertz CT molecular complexity index is 726. The Morgan fingerprint density at radius 2 is 2.10 bits per heavy atom. The molecule has 1 aliphatic rings. The van der Waals surface area contributed by atoms with Gasteiger partial charge in [0.15, 0.2) is 11.6 Å². The molecule has 0 aliphatic carbocycles. The fourth-order valence-corrected chi connectivity index (χ4v) is 2.20. The van der Waals surface area contributed by atoms with Crippen LogP contribution >= 0.6 is 0 Å². The van der Waals surface area contributed by atoms with Crippen molar-refractivity contribution < 1.29 is 9.13 Å². The van der Waals surface area contributed by atoms with Gasteiger partial charge < -0.3 is 15.4 Å². The van der Waals surface area contributed by atoms with Gasteiger partial charge in [0.05, 0.1) is 30.4 Å². The lowest BCUT2D eigenvalue weighted by molar-refractivity contribution is 0.273. The van der Waals surface area contributed by atoms with E-state index >= 15 is 0 Å². The number of aromatic nitrogens is 2. The average Bonchev–Trinajstić information content (AvgIpc) is 2.52. The molecule has 21 heavy (non-hydrogen) atoms. The molecule has 2 N–H and O–H groups in total. The van der Waals surface area contributed by atoms with E-state index in [2.05, 4.69) is 20.6 Å². The van der Waals surface area contributed by atoms with Gasteiger partial charge in [-0.25, -0.2) is 4.39 Å². The number of hydrogen-bond donors (Lipinski definition) is 2. The zero-order chi connectivity index (χ0) is 14.7. The lowest BCUT2D eigenvalue weighted by Gasteiger charge is -2.19. The van der Waals surface area contributed by atoms with Gasteiger partial charge in [-0.2, -0.15) is 0 Å². The largest absolute Gasteiger partial charge is 0.492 e. The standard InChI is InChI=1S/C15H15FN4O/c1-21-15-11(16)8-17-9-14(15)20-7-10-2-3-12-13(6-10)19-5-4-18-12/h2-6,9,17,20H,7-8H2,1H3. The fourth-order valence-electron chi connectivity index (χ4n) is 2.20. The Balaban J connectivity index is 1.76. The van der Waals surface area contributed by atoms with Crippen molar-refractivity contribution >= 4 is 11.0 Å². The summed E-state index contributed by atoms with van der Waals surface area (Å²) < 4.78 is 18.7. The topological polar surface area (TPSA) is 59.1 Å². The van der Waals surface area contributed by atoms with Crippen LogP contribution < -0.4 is 10.6 Å². The first-order chi connectivity index (χ1) is 10.3. The van der Waals surface area contributed by atoms with Crippen LogP contribution in [0.1, 0.15) is 5.56 Å². The Kier molecular flexibility index (Phi) is 3.68. The van der Waals surface area contributed by atoms with Gasteiger partial charge in [0.2, 0.25) is 0 Å². The van der Waals surface area contributed by atoms with Crippen LogP contribution in [0.4, 0.5) is 4.39 Å². The summed E-state index contributed by atoms with van der Waals surface area (Å²) in [5.41, 5.74) is 3.32. The molecule has 3 rings (SSSR count). The van der Waals surface area contributed by atoms with Crippen molar-refractivity contribution in [3.05, 3.63) is 59.6 Å². The molecule has 108 valence electrons. The summed E-state index contributed by atoms with van der Waals surface area (Å²) in [6.07, 6.45) is 5.04. The van der Waals surface area contributed by atoms with Crippen LogP contribution in [0.15, 0.2) is 54.1 Å². The van der Waals surface area contributed by atoms with E-state index in [-0.39, 0.29) is 18.1 Å². The summed E-state index contributed by atoms with van der Waals surface area (Å²) in [5.74, 6) is -0.0683. The molecule has 1 aromatic heterocycles. The predicted octanol–water partition coefficient (Wildman–Crippen LogP) is 1.99. The molecule has 1 aliphatic heterocycles. The van der Waals surface area contributed by atoms with Crippen molar-refractivity contribution in [1.82, 2.24) is 20.6 Å². The normalized spacial score (nSPS) is 14.7. The number of rotatable bonds is 4. The van der Waals surface area contributed by atoms with Crippen LogP contribution in [-0.2, 0) is 11.3 Å². The number of methoxy groups -OCH3 is 1. The van der Waals surface area contributed by atoms with Gasteiger partial charge in [0.1, 0.15) is 0 Å². The summed E-state index contributed by atoms with van der Waals surface area (Å²) in [4.78, 5) is 8.49. The van der Waals surface area contributed by atoms with Crippen LogP contribution in [0.5, 0.6) is 0 Å². The minimum atomic E-state index is -0.313. The summed E-state index contributed by atoms with van der Waals surface area (Å²) in [6, 6.07) is 5.84. The molecule has 0 atom stereocenters. The van der Waals surface area contributed by atoms with E-state index in [1.807, 2.05) is 18.2 Å². The first-order valence-electron chi connectivity index (χ1n) is 6.58. The number of fused-ring (bicyclic) bond motifs is 1. The lowest BCUT2D eigenvalue weighted by atomic mass is 10.2. The number of dihydropyridines is 1. The van der Waals surface area contributed by atoms with E-state index in [1.54, 1.807) is 18.6 Å². The van der Waals surface area contributed by atoms with Crippen LogP contribution in [0.25, 0.3) is 11.0 Å². The van der Waals surface area contributed by atoms with Gasteiger partial charge in [-0.3, -0.25) is 9.97 Å². The van der Waals surface area contributed by atoms with Crippen molar-refractivity contribution in [3.63, 3.8) is 0 Å². The highest BCUT2D eigenvalue weighted by Gasteiger charge is 2.16. The van der Waals surface area contributed by atoms with Crippen molar-refractivity contribution in [2.24, 2.45) is 0 Å². The predicted molar refractivity (Wildman–Crippen MR) is 77.6 cm³/mol. The molecule has 0 bridgehead atoms.